The van der Waals surface area contributed by atoms with Crippen LogP contribution in [-0.2, 0) is 5.54 Å². The average molecular weight is 493 g/mol. The molecule has 0 unspecified atom stereocenters. The smallest absolute Gasteiger partial charge is 0.253 e. The van der Waals surface area contributed by atoms with Gasteiger partial charge in [0.1, 0.15) is 11.8 Å². The highest BCUT2D eigenvalue weighted by atomic mass is 16.5. The Morgan fingerprint density at radius 3 is 2.64 bits per heavy atom. The van der Waals surface area contributed by atoms with Crippen LogP contribution in [0.25, 0.3) is 10.9 Å². The fourth-order valence-corrected chi connectivity index (χ4v) is 6.28. The van der Waals surface area contributed by atoms with Gasteiger partial charge in [0.15, 0.2) is 5.82 Å². The first-order valence-electron chi connectivity index (χ1n) is 13.7. The number of likely N-dealkylation sites (tertiary alicyclic amines) is 1. The average Bonchev–Trinajstić information content (AvgIpc) is 3.36. The Morgan fingerprint density at radius 1 is 1.11 bits per heavy atom. The van der Waals surface area contributed by atoms with E-state index < -0.39 is 0 Å². The zero-order chi connectivity index (χ0) is 25.3. The highest BCUT2D eigenvalue weighted by molar-refractivity contribution is 5.80. The lowest BCUT2D eigenvalue weighted by atomic mass is 9.69. The molecule has 2 aromatic heterocycles. The Hall–Kier alpha value is -2.74. The van der Waals surface area contributed by atoms with Crippen molar-refractivity contribution in [2.75, 3.05) is 19.7 Å². The molecular formula is C28H40N6O2. The molecule has 2 fully saturated rings. The van der Waals surface area contributed by atoms with Gasteiger partial charge in [-0.15, -0.1) is 5.10 Å². The molecule has 1 aromatic carbocycles. The van der Waals surface area contributed by atoms with Gasteiger partial charge < -0.3 is 9.72 Å². The van der Waals surface area contributed by atoms with E-state index in [0.717, 1.165) is 48.4 Å². The number of aromatic amines is 1. The summed E-state index contributed by atoms with van der Waals surface area (Å²) in [7, 11) is 0. The van der Waals surface area contributed by atoms with E-state index >= 15 is 0 Å². The first-order chi connectivity index (χ1) is 17.4. The fraction of sp³-hybridized carbons (Fsp3) is 0.643. The van der Waals surface area contributed by atoms with E-state index in [1.165, 1.54) is 38.5 Å². The highest BCUT2D eigenvalue weighted by Gasteiger charge is 2.42. The number of nitrogens with one attached hydrogen (secondary N) is 1. The van der Waals surface area contributed by atoms with Gasteiger partial charge in [0.05, 0.1) is 12.1 Å². The Morgan fingerprint density at radius 2 is 1.89 bits per heavy atom. The zero-order valence-corrected chi connectivity index (χ0v) is 22.2. The van der Waals surface area contributed by atoms with Crippen molar-refractivity contribution in [1.82, 2.24) is 30.1 Å². The molecule has 36 heavy (non-hydrogen) atoms. The van der Waals surface area contributed by atoms with Crippen LogP contribution in [0.5, 0.6) is 5.75 Å². The van der Waals surface area contributed by atoms with Crippen LogP contribution in [0, 0.1) is 5.41 Å². The minimum absolute atomic E-state index is 0.0798. The molecule has 1 aliphatic heterocycles. The Kier molecular flexibility index (Phi) is 6.90. The molecule has 194 valence electrons. The number of benzene rings is 1. The van der Waals surface area contributed by atoms with Crippen molar-refractivity contribution in [3.63, 3.8) is 0 Å². The number of ether oxygens (including phenoxy) is 1. The molecule has 3 aromatic rings. The van der Waals surface area contributed by atoms with E-state index in [2.05, 4.69) is 46.2 Å². The van der Waals surface area contributed by atoms with Gasteiger partial charge in [-0.05, 0) is 99.5 Å². The molecule has 8 heteroatoms. The number of pyridine rings is 1. The summed E-state index contributed by atoms with van der Waals surface area (Å²) in [6.07, 6.45) is 9.77. The number of H-pyrrole nitrogens is 1. The van der Waals surface area contributed by atoms with E-state index in [4.69, 9.17) is 4.74 Å². The second-order valence-corrected chi connectivity index (χ2v) is 11.4. The molecule has 8 nitrogen and oxygen atoms in total. The standard InChI is InChI=1S/C28H40N6O2/c1-5-27(3,4)34-25(30-31-32-34)24(33-16-10-15-28(19-33)13-8-7-9-14-28)22-18-20-17-21(36-6-2)11-12-23(20)29-26(22)35/h11-12,17-18,24H,5-10,13-16,19H2,1-4H3,(H,29,35)/t24-/m1/s1. The Bertz CT molecular complexity index is 1250. The van der Waals surface area contributed by atoms with E-state index in [-0.39, 0.29) is 17.1 Å². The third-order valence-electron chi connectivity index (χ3n) is 8.60. The van der Waals surface area contributed by atoms with Crippen molar-refractivity contribution in [3.8, 4) is 5.75 Å². The summed E-state index contributed by atoms with van der Waals surface area (Å²) in [6.45, 7) is 10.9. The van der Waals surface area contributed by atoms with Crippen LogP contribution in [0.3, 0.4) is 0 Å². The molecule has 1 atom stereocenters. The lowest BCUT2D eigenvalue weighted by Gasteiger charge is -2.47. The molecule has 2 aliphatic rings. The number of hydrogen-bond donors (Lipinski definition) is 1. The van der Waals surface area contributed by atoms with Gasteiger partial charge in [-0.25, -0.2) is 4.68 Å². The summed E-state index contributed by atoms with van der Waals surface area (Å²) in [5, 5.41) is 14.1. The minimum Gasteiger partial charge on any atom is -0.494 e. The van der Waals surface area contributed by atoms with E-state index in [1.807, 2.05) is 35.9 Å². The van der Waals surface area contributed by atoms with E-state index in [1.54, 1.807) is 0 Å². The zero-order valence-electron chi connectivity index (χ0n) is 22.2. The number of tetrazole rings is 1. The van der Waals surface area contributed by atoms with Gasteiger partial charge in [-0.3, -0.25) is 9.69 Å². The van der Waals surface area contributed by atoms with Crippen molar-refractivity contribution in [3.05, 3.63) is 46.0 Å². The van der Waals surface area contributed by atoms with Crippen molar-refractivity contribution >= 4 is 10.9 Å². The maximum Gasteiger partial charge on any atom is 0.253 e. The Balaban J connectivity index is 1.65. The number of fused-ring (bicyclic) bond motifs is 1. The van der Waals surface area contributed by atoms with Crippen molar-refractivity contribution < 1.29 is 4.74 Å². The van der Waals surface area contributed by atoms with Gasteiger partial charge in [0.25, 0.3) is 5.56 Å². The number of nitrogens with zero attached hydrogens (tertiary/aromatic N) is 5. The third-order valence-corrected chi connectivity index (χ3v) is 8.60. The van der Waals surface area contributed by atoms with Crippen LogP contribution in [0.15, 0.2) is 29.1 Å². The first kappa shape index (κ1) is 24.9. The van der Waals surface area contributed by atoms with Crippen LogP contribution in [0.4, 0.5) is 0 Å². The monoisotopic (exact) mass is 492 g/mol. The Labute approximate surface area is 213 Å². The lowest BCUT2D eigenvalue weighted by Crippen LogP contribution is -2.48. The summed E-state index contributed by atoms with van der Waals surface area (Å²) in [6, 6.07) is 7.55. The molecular weight excluding hydrogens is 452 g/mol. The molecule has 5 rings (SSSR count). The molecule has 3 heterocycles. The largest absolute Gasteiger partial charge is 0.494 e. The van der Waals surface area contributed by atoms with Crippen LogP contribution in [0.2, 0.25) is 0 Å². The second kappa shape index (κ2) is 9.96. The van der Waals surface area contributed by atoms with Crippen LogP contribution < -0.4 is 10.3 Å². The summed E-state index contributed by atoms with van der Waals surface area (Å²) in [5.41, 5.74) is 1.50. The lowest BCUT2D eigenvalue weighted by molar-refractivity contribution is 0.0326. The van der Waals surface area contributed by atoms with Gasteiger partial charge in [-0.2, -0.15) is 0 Å². The summed E-state index contributed by atoms with van der Waals surface area (Å²) >= 11 is 0. The maximum atomic E-state index is 13.6. The maximum absolute atomic E-state index is 13.6. The molecule has 1 aliphatic carbocycles. The van der Waals surface area contributed by atoms with Crippen molar-refractivity contribution in [1.29, 1.82) is 0 Å². The number of piperidine rings is 1. The predicted octanol–water partition coefficient (Wildman–Crippen LogP) is 5.19. The first-order valence-corrected chi connectivity index (χ1v) is 13.7. The summed E-state index contributed by atoms with van der Waals surface area (Å²) < 4.78 is 7.69. The molecule has 1 N–H and O–H groups in total. The van der Waals surface area contributed by atoms with Gasteiger partial charge >= 0.3 is 0 Å². The predicted molar refractivity (Wildman–Crippen MR) is 141 cm³/mol. The molecule has 1 spiro atoms. The SMILES string of the molecule is CCOc1ccc2[nH]c(=O)c([C@H](c3nnnn3C(C)(C)CC)N3CCCC4(CCCCC4)C3)cc2c1. The van der Waals surface area contributed by atoms with Gasteiger partial charge in [0.2, 0.25) is 0 Å². The number of aromatic nitrogens is 5. The van der Waals surface area contributed by atoms with Crippen molar-refractivity contribution in [2.24, 2.45) is 5.41 Å². The van der Waals surface area contributed by atoms with Crippen LogP contribution in [0.1, 0.15) is 96.5 Å². The molecule has 0 bridgehead atoms. The van der Waals surface area contributed by atoms with Gasteiger partial charge in [0, 0.05) is 23.0 Å². The van der Waals surface area contributed by atoms with Crippen LogP contribution in [-0.4, -0.2) is 49.8 Å². The normalized spacial score (nSPS) is 19.6. The van der Waals surface area contributed by atoms with Crippen molar-refractivity contribution in [2.45, 2.75) is 90.6 Å². The third kappa shape index (κ3) is 4.67. The van der Waals surface area contributed by atoms with Gasteiger partial charge in [-0.1, -0.05) is 26.2 Å². The number of rotatable bonds is 7. The van der Waals surface area contributed by atoms with E-state index in [0.29, 0.717) is 17.6 Å². The highest BCUT2D eigenvalue weighted by Crippen LogP contribution is 2.45. The van der Waals surface area contributed by atoms with Crippen LogP contribution >= 0.6 is 0 Å². The minimum atomic E-state index is -0.311. The number of hydrogen-bond acceptors (Lipinski definition) is 6. The molecule has 0 amide bonds. The molecule has 1 saturated carbocycles. The molecule has 1 saturated heterocycles. The summed E-state index contributed by atoms with van der Waals surface area (Å²) in [4.78, 5) is 19.3. The fourth-order valence-electron chi connectivity index (χ4n) is 6.28. The summed E-state index contributed by atoms with van der Waals surface area (Å²) in [5.74, 6) is 1.55. The topological polar surface area (TPSA) is 88.9 Å². The van der Waals surface area contributed by atoms with E-state index in [9.17, 15) is 4.79 Å². The molecule has 0 radical (unpaired) electrons. The second-order valence-electron chi connectivity index (χ2n) is 11.4. The quantitative estimate of drug-likeness (QED) is 0.488.